The summed E-state index contributed by atoms with van der Waals surface area (Å²) in [6.07, 6.45) is 0.824. The lowest BCUT2D eigenvalue weighted by molar-refractivity contribution is -0.123. The molecule has 0 saturated carbocycles. The van der Waals surface area contributed by atoms with E-state index in [1.165, 1.54) is 4.90 Å². The molecule has 2 amide bonds. The number of carbonyl (C=O) groups is 2. The van der Waals surface area contributed by atoms with Gasteiger partial charge in [0.1, 0.15) is 0 Å². The maximum absolute atomic E-state index is 12.6. The number of rotatable bonds is 5. The van der Waals surface area contributed by atoms with Gasteiger partial charge in [0.15, 0.2) is 0 Å². The zero-order valence-corrected chi connectivity index (χ0v) is 14.8. The maximum atomic E-state index is 12.6. The van der Waals surface area contributed by atoms with Crippen LogP contribution < -0.4 is 5.32 Å². The third-order valence-electron chi connectivity index (χ3n) is 4.92. The summed E-state index contributed by atoms with van der Waals surface area (Å²) < 4.78 is 0. The monoisotopic (exact) mass is 358 g/mol. The molecule has 0 aliphatic carbocycles. The fourth-order valence-corrected chi connectivity index (χ4v) is 4.10. The normalized spacial score (nSPS) is 16.4. The average molecular weight is 358 g/mol. The highest BCUT2D eigenvalue weighted by molar-refractivity contribution is 7.09. The SMILES string of the molecule is O=C(CC1(c2ccccc2)CCN(C(=O)O)CC1)NCc1cccs1. The molecule has 0 bridgehead atoms. The highest BCUT2D eigenvalue weighted by Gasteiger charge is 2.39. The van der Waals surface area contributed by atoms with Gasteiger partial charge in [0.05, 0.1) is 6.54 Å². The van der Waals surface area contributed by atoms with Gasteiger partial charge < -0.3 is 15.3 Å². The van der Waals surface area contributed by atoms with Crippen molar-refractivity contribution in [1.29, 1.82) is 0 Å². The van der Waals surface area contributed by atoms with Crippen molar-refractivity contribution >= 4 is 23.3 Å². The molecule has 2 N–H and O–H groups in total. The first kappa shape index (κ1) is 17.5. The van der Waals surface area contributed by atoms with Gasteiger partial charge in [0, 0.05) is 29.8 Å². The van der Waals surface area contributed by atoms with E-state index in [1.54, 1.807) is 11.3 Å². The largest absolute Gasteiger partial charge is 0.465 e. The Morgan fingerprint density at radius 2 is 1.84 bits per heavy atom. The summed E-state index contributed by atoms with van der Waals surface area (Å²) in [5, 5.41) is 14.2. The maximum Gasteiger partial charge on any atom is 0.407 e. The van der Waals surface area contributed by atoms with E-state index >= 15 is 0 Å². The van der Waals surface area contributed by atoms with Crippen LogP contribution in [0.15, 0.2) is 47.8 Å². The molecule has 3 rings (SSSR count). The molecule has 2 aromatic rings. The van der Waals surface area contributed by atoms with Crippen LogP contribution in [0.5, 0.6) is 0 Å². The number of likely N-dealkylation sites (tertiary alicyclic amines) is 1. The number of carboxylic acid groups (broad SMARTS) is 1. The number of nitrogens with zero attached hydrogens (tertiary/aromatic N) is 1. The highest BCUT2D eigenvalue weighted by atomic mass is 32.1. The third-order valence-corrected chi connectivity index (χ3v) is 5.79. The number of hydrogen-bond donors (Lipinski definition) is 2. The fourth-order valence-electron chi connectivity index (χ4n) is 3.45. The first-order valence-corrected chi connectivity index (χ1v) is 9.29. The van der Waals surface area contributed by atoms with Crippen LogP contribution in [-0.2, 0) is 16.8 Å². The van der Waals surface area contributed by atoms with Crippen molar-refractivity contribution in [1.82, 2.24) is 10.2 Å². The van der Waals surface area contributed by atoms with Gasteiger partial charge in [-0.25, -0.2) is 4.79 Å². The lowest BCUT2D eigenvalue weighted by Gasteiger charge is -2.41. The molecule has 2 heterocycles. The Morgan fingerprint density at radius 1 is 1.12 bits per heavy atom. The minimum atomic E-state index is -0.885. The molecule has 5 nitrogen and oxygen atoms in total. The minimum Gasteiger partial charge on any atom is -0.465 e. The first-order chi connectivity index (χ1) is 12.1. The van der Waals surface area contributed by atoms with Crippen molar-refractivity contribution in [3.63, 3.8) is 0 Å². The smallest absolute Gasteiger partial charge is 0.407 e. The van der Waals surface area contributed by atoms with Gasteiger partial charge in [0.2, 0.25) is 5.91 Å². The van der Waals surface area contributed by atoms with Crippen molar-refractivity contribution in [2.75, 3.05) is 13.1 Å². The van der Waals surface area contributed by atoms with E-state index in [2.05, 4.69) is 5.32 Å². The number of carbonyl (C=O) groups excluding carboxylic acids is 1. The lowest BCUT2D eigenvalue weighted by atomic mass is 9.70. The molecule has 1 aromatic heterocycles. The highest BCUT2D eigenvalue weighted by Crippen LogP contribution is 2.38. The van der Waals surface area contributed by atoms with Gasteiger partial charge in [-0.05, 0) is 29.9 Å². The molecule has 1 aliphatic rings. The van der Waals surface area contributed by atoms with Crippen LogP contribution in [0.3, 0.4) is 0 Å². The standard InChI is InChI=1S/C19H22N2O3S/c22-17(20-14-16-7-4-12-25-16)13-19(15-5-2-1-3-6-15)8-10-21(11-9-19)18(23)24/h1-7,12H,8-11,13-14H2,(H,20,22)(H,23,24). The summed E-state index contributed by atoms with van der Waals surface area (Å²) in [4.78, 5) is 26.3. The van der Waals surface area contributed by atoms with Crippen LogP contribution in [0.2, 0.25) is 0 Å². The van der Waals surface area contributed by atoms with Crippen LogP contribution >= 0.6 is 11.3 Å². The van der Waals surface area contributed by atoms with E-state index in [4.69, 9.17) is 0 Å². The molecule has 0 atom stereocenters. The molecule has 0 spiro atoms. The van der Waals surface area contributed by atoms with Gasteiger partial charge in [-0.15, -0.1) is 11.3 Å². The van der Waals surface area contributed by atoms with E-state index in [0.29, 0.717) is 38.9 Å². The van der Waals surface area contributed by atoms with Crippen molar-refractivity contribution in [2.45, 2.75) is 31.2 Å². The van der Waals surface area contributed by atoms with Crippen LogP contribution in [0.25, 0.3) is 0 Å². The quantitative estimate of drug-likeness (QED) is 0.860. The molecule has 0 unspecified atom stereocenters. The second-order valence-corrected chi connectivity index (χ2v) is 7.48. The van der Waals surface area contributed by atoms with Crippen molar-refractivity contribution < 1.29 is 14.7 Å². The number of thiophene rings is 1. The predicted octanol–water partition coefficient (Wildman–Crippen LogP) is 3.47. The van der Waals surface area contributed by atoms with E-state index in [9.17, 15) is 14.7 Å². The van der Waals surface area contributed by atoms with Gasteiger partial charge in [-0.3, -0.25) is 4.79 Å². The molecule has 132 valence electrons. The molecular formula is C19H22N2O3S. The number of benzene rings is 1. The summed E-state index contributed by atoms with van der Waals surface area (Å²) in [7, 11) is 0. The van der Waals surface area contributed by atoms with Crippen LogP contribution in [0.1, 0.15) is 29.7 Å². The Labute approximate surface area is 151 Å². The van der Waals surface area contributed by atoms with Gasteiger partial charge in [-0.1, -0.05) is 36.4 Å². The number of hydrogen-bond acceptors (Lipinski definition) is 3. The molecule has 6 heteroatoms. The molecular weight excluding hydrogens is 336 g/mol. The van der Waals surface area contributed by atoms with Gasteiger partial charge >= 0.3 is 6.09 Å². The average Bonchev–Trinajstić information content (AvgIpc) is 3.15. The molecule has 1 aliphatic heterocycles. The second-order valence-electron chi connectivity index (χ2n) is 6.45. The zero-order valence-electron chi connectivity index (χ0n) is 14.0. The Bertz CT molecular complexity index is 708. The summed E-state index contributed by atoms with van der Waals surface area (Å²) >= 11 is 1.62. The number of nitrogens with one attached hydrogen (secondary N) is 1. The number of piperidine rings is 1. The molecule has 25 heavy (non-hydrogen) atoms. The molecule has 1 aromatic carbocycles. The van der Waals surface area contributed by atoms with Crippen LogP contribution in [0, 0.1) is 0 Å². The van der Waals surface area contributed by atoms with E-state index < -0.39 is 6.09 Å². The van der Waals surface area contributed by atoms with Gasteiger partial charge in [0.25, 0.3) is 0 Å². The summed E-state index contributed by atoms with van der Waals surface area (Å²) in [6.45, 7) is 1.47. The Kier molecular flexibility index (Phi) is 5.38. The van der Waals surface area contributed by atoms with E-state index in [-0.39, 0.29) is 11.3 Å². The third kappa shape index (κ3) is 4.20. The number of amides is 2. The van der Waals surface area contributed by atoms with Crippen molar-refractivity contribution in [3.8, 4) is 0 Å². The lowest BCUT2D eigenvalue weighted by Crippen LogP contribution is -2.46. The summed E-state index contributed by atoms with van der Waals surface area (Å²) in [5.74, 6) is 0.0148. The second kappa shape index (κ2) is 7.70. The summed E-state index contributed by atoms with van der Waals surface area (Å²) in [6, 6.07) is 14.0. The van der Waals surface area contributed by atoms with Crippen LogP contribution in [-0.4, -0.2) is 35.1 Å². The predicted molar refractivity (Wildman–Crippen MR) is 97.7 cm³/mol. The zero-order chi connectivity index (χ0) is 17.7. The van der Waals surface area contributed by atoms with Crippen molar-refractivity contribution in [2.24, 2.45) is 0 Å². The Balaban J connectivity index is 1.71. The van der Waals surface area contributed by atoms with E-state index in [1.807, 2.05) is 47.8 Å². The van der Waals surface area contributed by atoms with Crippen molar-refractivity contribution in [3.05, 3.63) is 58.3 Å². The molecule has 0 radical (unpaired) electrons. The topological polar surface area (TPSA) is 69.6 Å². The Morgan fingerprint density at radius 3 is 2.44 bits per heavy atom. The summed E-state index contributed by atoms with van der Waals surface area (Å²) in [5.41, 5.74) is 0.818. The van der Waals surface area contributed by atoms with Crippen LogP contribution in [0.4, 0.5) is 4.79 Å². The minimum absolute atomic E-state index is 0.0148. The van der Waals surface area contributed by atoms with E-state index in [0.717, 1.165) is 10.4 Å². The van der Waals surface area contributed by atoms with Gasteiger partial charge in [-0.2, -0.15) is 0 Å². The Hall–Kier alpha value is -2.34. The first-order valence-electron chi connectivity index (χ1n) is 8.42. The molecule has 1 saturated heterocycles. The fraction of sp³-hybridized carbons (Fsp3) is 0.368. The molecule has 1 fully saturated rings.